The van der Waals surface area contributed by atoms with Crippen LogP contribution in [0.3, 0.4) is 0 Å². The summed E-state index contributed by atoms with van der Waals surface area (Å²) >= 11 is 0. The average molecular weight is 412 g/mol. The summed E-state index contributed by atoms with van der Waals surface area (Å²) in [6, 6.07) is 4.44. The van der Waals surface area contributed by atoms with Crippen LogP contribution < -0.4 is 10.9 Å². The van der Waals surface area contributed by atoms with Gasteiger partial charge in [-0.3, -0.25) is 14.5 Å². The number of nitrogens with one attached hydrogen (secondary N) is 1. The van der Waals surface area contributed by atoms with Crippen LogP contribution in [-0.4, -0.2) is 51.2 Å². The first kappa shape index (κ1) is 19.5. The number of carbonyl (C=O) groups is 1. The molecule has 30 heavy (non-hydrogen) atoms. The number of nitrogens with zero attached hydrogens (tertiary/aromatic N) is 4. The smallest absolute Gasteiger partial charge is 0.263 e. The Labute approximate surface area is 175 Å². The van der Waals surface area contributed by atoms with Crippen LogP contribution in [0.15, 0.2) is 21.5 Å². The second-order valence-corrected chi connectivity index (χ2v) is 8.89. The Kier molecular flexibility index (Phi) is 5.18. The Balaban J connectivity index is 1.27. The molecule has 1 saturated heterocycles. The van der Waals surface area contributed by atoms with Gasteiger partial charge in [-0.05, 0) is 37.3 Å². The molecule has 2 fully saturated rings. The maximum atomic E-state index is 13.1. The molecule has 2 aliphatic heterocycles. The van der Waals surface area contributed by atoms with Crippen molar-refractivity contribution in [2.24, 2.45) is 5.92 Å². The van der Waals surface area contributed by atoms with E-state index in [2.05, 4.69) is 20.4 Å². The highest BCUT2D eigenvalue weighted by atomic mass is 16.5. The molecule has 8 nitrogen and oxygen atoms in total. The van der Waals surface area contributed by atoms with Crippen LogP contribution in [0.4, 0.5) is 0 Å². The fraction of sp³-hybridized carbons (Fsp3) is 0.636. The molecule has 1 amide bonds. The molecule has 2 atom stereocenters. The van der Waals surface area contributed by atoms with Crippen molar-refractivity contribution >= 4 is 5.91 Å². The average Bonchev–Trinajstić information content (AvgIpc) is 3.15. The van der Waals surface area contributed by atoms with Crippen LogP contribution in [0.5, 0.6) is 0 Å². The van der Waals surface area contributed by atoms with E-state index in [1.165, 1.54) is 19.3 Å². The zero-order valence-corrected chi connectivity index (χ0v) is 17.5. The van der Waals surface area contributed by atoms with Crippen molar-refractivity contribution < 1.29 is 9.32 Å². The lowest BCUT2D eigenvalue weighted by atomic mass is 9.80. The molecule has 3 aliphatic rings. The van der Waals surface area contributed by atoms with Crippen LogP contribution in [-0.2, 0) is 19.4 Å². The van der Waals surface area contributed by atoms with Gasteiger partial charge in [0.15, 0.2) is 5.82 Å². The van der Waals surface area contributed by atoms with Gasteiger partial charge < -0.3 is 14.4 Å². The molecule has 0 aromatic carbocycles. The second kappa shape index (κ2) is 7.98. The Morgan fingerprint density at radius 3 is 2.87 bits per heavy atom. The van der Waals surface area contributed by atoms with Gasteiger partial charge in [0.1, 0.15) is 5.56 Å². The predicted molar refractivity (Wildman–Crippen MR) is 110 cm³/mol. The zero-order valence-electron chi connectivity index (χ0n) is 17.5. The Morgan fingerprint density at radius 2 is 2.13 bits per heavy atom. The number of piperidine rings is 1. The molecule has 0 unspecified atom stereocenters. The largest absolute Gasteiger partial charge is 0.351 e. The fourth-order valence-corrected chi connectivity index (χ4v) is 5.12. The molecule has 2 aromatic heterocycles. The number of aryl methyl sites for hydroxylation is 1. The molecule has 5 rings (SSSR count). The number of likely N-dealkylation sites (tertiary alicyclic amines) is 1. The molecule has 4 heterocycles. The topological polar surface area (TPSA) is 93.3 Å². The van der Waals surface area contributed by atoms with E-state index in [9.17, 15) is 9.59 Å². The van der Waals surface area contributed by atoms with E-state index in [0.717, 1.165) is 37.8 Å². The third kappa shape index (κ3) is 3.57. The van der Waals surface area contributed by atoms with Gasteiger partial charge in [0.2, 0.25) is 5.89 Å². The van der Waals surface area contributed by atoms with Crippen molar-refractivity contribution in [1.82, 2.24) is 24.9 Å². The Morgan fingerprint density at radius 1 is 1.27 bits per heavy atom. The molecule has 0 radical (unpaired) electrons. The number of hydrogen-bond donors (Lipinski definition) is 1. The van der Waals surface area contributed by atoms with E-state index in [-0.39, 0.29) is 17.0 Å². The van der Waals surface area contributed by atoms with E-state index in [1.807, 2.05) is 17.6 Å². The van der Waals surface area contributed by atoms with E-state index < -0.39 is 0 Å². The Hall–Kier alpha value is -2.48. The minimum absolute atomic E-state index is 0.164. The first-order valence-corrected chi connectivity index (χ1v) is 11.2. The summed E-state index contributed by atoms with van der Waals surface area (Å²) in [5, 5.41) is 6.67. The number of amides is 1. The maximum Gasteiger partial charge on any atom is 0.263 e. The zero-order chi connectivity index (χ0) is 20.7. The van der Waals surface area contributed by atoms with Gasteiger partial charge in [0, 0.05) is 56.7 Å². The minimum atomic E-state index is -0.336. The van der Waals surface area contributed by atoms with Crippen molar-refractivity contribution in [2.75, 3.05) is 19.6 Å². The molecule has 2 aromatic rings. The van der Waals surface area contributed by atoms with E-state index >= 15 is 0 Å². The van der Waals surface area contributed by atoms with Crippen molar-refractivity contribution in [3.05, 3.63) is 45.5 Å². The number of rotatable bonds is 6. The van der Waals surface area contributed by atoms with Gasteiger partial charge in [-0.2, -0.15) is 4.98 Å². The van der Waals surface area contributed by atoms with Crippen LogP contribution in [0.25, 0.3) is 0 Å². The van der Waals surface area contributed by atoms with Crippen LogP contribution in [0.2, 0.25) is 0 Å². The first-order chi connectivity index (χ1) is 14.6. The third-order valence-electron chi connectivity index (χ3n) is 6.92. The normalized spacial score (nSPS) is 23.6. The quantitative estimate of drug-likeness (QED) is 0.778. The van der Waals surface area contributed by atoms with Crippen molar-refractivity contribution in [3.8, 4) is 0 Å². The third-order valence-corrected chi connectivity index (χ3v) is 6.92. The number of aromatic nitrogens is 3. The number of carbonyl (C=O) groups excluding carboxylic acids is 1. The molecular formula is C22H29N5O3. The fourth-order valence-electron chi connectivity index (χ4n) is 5.12. The minimum Gasteiger partial charge on any atom is -0.351 e. The highest BCUT2D eigenvalue weighted by Crippen LogP contribution is 2.38. The molecular weight excluding hydrogens is 382 g/mol. The molecule has 8 heteroatoms. The van der Waals surface area contributed by atoms with Gasteiger partial charge in [-0.1, -0.05) is 18.5 Å². The lowest BCUT2D eigenvalue weighted by Gasteiger charge is -2.48. The van der Waals surface area contributed by atoms with Gasteiger partial charge in [-0.15, -0.1) is 0 Å². The molecule has 160 valence electrons. The maximum absolute atomic E-state index is 13.1. The monoisotopic (exact) mass is 411 g/mol. The Bertz CT molecular complexity index is 993. The van der Waals surface area contributed by atoms with Crippen LogP contribution in [0, 0.1) is 5.92 Å². The summed E-state index contributed by atoms with van der Waals surface area (Å²) in [4.78, 5) is 32.6. The van der Waals surface area contributed by atoms with Gasteiger partial charge in [-0.25, -0.2) is 0 Å². The summed E-state index contributed by atoms with van der Waals surface area (Å²) in [6.07, 6.45) is 6.28. The lowest BCUT2D eigenvalue weighted by Crippen LogP contribution is -2.52. The highest BCUT2D eigenvalue weighted by Gasteiger charge is 2.38. The summed E-state index contributed by atoms with van der Waals surface area (Å²) in [5.74, 6) is 1.72. The number of fused-ring (bicyclic) bond motifs is 4. The summed E-state index contributed by atoms with van der Waals surface area (Å²) in [5.41, 5.74) is 1.15. The molecule has 1 N–H and O–H groups in total. The summed E-state index contributed by atoms with van der Waals surface area (Å²) in [7, 11) is 0. The SMILES string of the molecule is CCc1noc(CCNC(=O)c2ccc3n(c2=O)C[C@H]2C[C@@H]3CN(C3CCC3)C2)n1. The van der Waals surface area contributed by atoms with E-state index in [1.54, 1.807) is 6.07 Å². The second-order valence-electron chi connectivity index (χ2n) is 8.89. The lowest BCUT2D eigenvalue weighted by molar-refractivity contribution is 0.0475. The van der Waals surface area contributed by atoms with Crippen molar-refractivity contribution in [2.45, 2.75) is 64.0 Å². The summed E-state index contributed by atoms with van der Waals surface area (Å²) in [6.45, 7) is 5.15. The number of hydrogen-bond acceptors (Lipinski definition) is 6. The van der Waals surface area contributed by atoms with E-state index in [0.29, 0.717) is 42.9 Å². The van der Waals surface area contributed by atoms with Gasteiger partial charge in [0.25, 0.3) is 11.5 Å². The number of pyridine rings is 1. The molecule has 0 spiro atoms. The van der Waals surface area contributed by atoms with Crippen LogP contribution in [0.1, 0.15) is 66.3 Å². The van der Waals surface area contributed by atoms with Crippen molar-refractivity contribution in [1.29, 1.82) is 0 Å². The standard InChI is InChI=1S/C22H29N5O3/c1-2-19-24-20(30-25-19)8-9-23-21(28)17-6-7-18-15-10-14(12-27(18)22(17)29)11-26(13-15)16-4-3-5-16/h6-7,14-16H,2-5,8-13H2,1H3,(H,23,28)/t14-,15+/m0/s1. The van der Waals surface area contributed by atoms with Crippen LogP contribution >= 0.6 is 0 Å². The molecule has 2 bridgehead atoms. The van der Waals surface area contributed by atoms with Gasteiger partial charge >= 0.3 is 0 Å². The highest BCUT2D eigenvalue weighted by molar-refractivity contribution is 5.93. The predicted octanol–water partition coefficient (Wildman–Crippen LogP) is 1.74. The molecule has 1 saturated carbocycles. The van der Waals surface area contributed by atoms with Crippen molar-refractivity contribution in [3.63, 3.8) is 0 Å². The summed E-state index contributed by atoms with van der Waals surface area (Å²) < 4.78 is 7.00. The van der Waals surface area contributed by atoms with Gasteiger partial charge in [0.05, 0.1) is 0 Å². The van der Waals surface area contributed by atoms with E-state index in [4.69, 9.17) is 4.52 Å². The molecule has 1 aliphatic carbocycles. The first-order valence-electron chi connectivity index (χ1n) is 11.2.